The normalized spacial score (nSPS) is 31.4. The van der Waals surface area contributed by atoms with Gasteiger partial charge in [-0.05, 0) is 25.2 Å². The van der Waals surface area contributed by atoms with Crippen LogP contribution in [0.2, 0.25) is 0 Å². The van der Waals surface area contributed by atoms with Crippen LogP contribution < -0.4 is 11.1 Å². The Morgan fingerprint density at radius 1 is 1.20 bits per heavy atom. The molecule has 0 amide bonds. The van der Waals surface area contributed by atoms with Crippen molar-refractivity contribution >= 4 is 0 Å². The minimum absolute atomic E-state index is 0.299. The second-order valence-electron chi connectivity index (χ2n) is 4.58. The van der Waals surface area contributed by atoms with E-state index in [-0.39, 0.29) is 0 Å². The van der Waals surface area contributed by atoms with Gasteiger partial charge in [-0.15, -0.1) is 0 Å². The molecule has 0 radical (unpaired) electrons. The monoisotopic (exact) mass is 214 g/mol. The number of ether oxygens (including phenoxy) is 2. The van der Waals surface area contributed by atoms with Gasteiger partial charge in [0.2, 0.25) is 0 Å². The summed E-state index contributed by atoms with van der Waals surface area (Å²) < 4.78 is 10.8. The maximum Gasteiger partial charge on any atom is 0.0620 e. The summed E-state index contributed by atoms with van der Waals surface area (Å²) in [7, 11) is 0. The van der Waals surface area contributed by atoms with Crippen LogP contribution in [0.5, 0.6) is 0 Å². The van der Waals surface area contributed by atoms with Gasteiger partial charge in [-0.3, -0.25) is 0 Å². The maximum atomic E-state index is 6.23. The molecule has 3 N–H and O–H groups in total. The second-order valence-corrected chi connectivity index (χ2v) is 4.58. The largest absolute Gasteiger partial charge is 0.381 e. The highest BCUT2D eigenvalue weighted by atomic mass is 16.5. The summed E-state index contributed by atoms with van der Waals surface area (Å²) in [5.41, 5.74) is 6.23. The Morgan fingerprint density at radius 3 is 2.67 bits per heavy atom. The third-order valence-electron chi connectivity index (χ3n) is 3.43. The molecule has 0 bridgehead atoms. The molecule has 2 saturated heterocycles. The first-order valence-corrected chi connectivity index (χ1v) is 6.00. The summed E-state index contributed by atoms with van der Waals surface area (Å²) in [5.74, 6) is 0.641. The second kappa shape index (κ2) is 5.80. The third kappa shape index (κ3) is 3.41. The van der Waals surface area contributed by atoms with Crippen molar-refractivity contribution in [3.05, 3.63) is 0 Å². The SMILES string of the molecule is NC(CC1COCCN1)C1CCOCC1. The average Bonchev–Trinajstić information content (AvgIpc) is 2.31. The Morgan fingerprint density at radius 2 is 2.00 bits per heavy atom. The molecule has 2 heterocycles. The highest BCUT2D eigenvalue weighted by Gasteiger charge is 2.24. The molecule has 15 heavy (non-hydrogen) atoms. The number of hydrogen-bond donors (Lipinski definition) is 2. The van der Waals surface area contributed by atoms with Crippen molar-refractivity contribution in [1.29, 1.82) is 0 Å². The average molecular weight is 214 g/mol. The predicted octanol–water partition coefficient (Wildman–Crippen LogP) is 0.119. The van der Waals surface area contributed by atoms with Crippen molar-refractivity contribution in [2.75, 3.05) is 33.0 Å². The van der Waals surface area contributed by atoms with E-state index in [9.17, 15) is 0 Å². The van der Waals surface area contributed by atoms with Gasteiger partial charge in [0.15, 0.2) is 0 Å². The molecule has 4 heteroatoms. The maximum absolute atomic E-state index is 6.23. The highest BCUT2D eigenvalue weighted by molar-refractivity contribution is 4.82. The van der Waals surface area contributed by atoms with Crippen molar-refractivity contribution in [2.45, 2.75) is 31.3 Å². The van der Waals surface area contributed by atoms with Crippen LogP contribution in [0.25, 0.3) is 0 Å². The van der Waals surface area contributed by atoms with Crippen LogP contribution in [-0.2, 0) is 9.47 Å². The minimum Gasteiger partial charge on any atom is -0.381 e. The van der Waals surface area contributed by atoms with Gasteiger partial charge < -0.3 is 20.5 Å². The Bertz CT molecular complexity index is 177. The fourth-order valence-electron chi connectivity index (χ4n) is 2.44. The Kier molecular flexibility index (Phi) is 4.38. The molecule has 2 atom stereocenters. The van der Waals surface area contributed by atoms with E-state index in [4.69, 9.17) is 15.2 Å². The lowest BCUT2D eigenvalue weighted by atomic mass is 9.88. The van der Waals surface area contributed by atoms with E-state index in [1.165, 1.54) is 0 Å². The van der Waals surface area contributed by atoms with Crippen molar-refractivity contribution in [3.8, 4) is 0 Å². The number of nitrogens with two attached hydrogens (primary N) is 1. The Hall–Kier alpha value is -0.160. The van der Waals surface area contributed by atoms with E-state index >= 15 is 0 Å². The fourth-order valence-corrected chi connectivity index (χ4v) is 2.44. The molecule has 0 aromatic heterocycles. The van der Waals surface area contributed by atoms with E-state index in [0.717, 1.165) is 52.2 Å². The molecular weight excluding hydrogens is 192 g/mol. The first-order chi connectivity index (χ1) is 7.36. The summed E-state index contributed by atoms with van der Waals surface area (Å²) in [4.78, 5) is 0. The van der Waals surface area contributed by atoms with Crippen LogP contribution in [0.3, 0.4) is 0 Å². The lowest BCUT2D eigenvalue weighted by Crippen LogP contribution is -2.47. The highest BCUT2D eigenvalue weighted by Crippen LogP contribution is 2.20. The number of rotatable bonds is 3. The molecule has 2 rings (SSSR count). The minimum atomic E-state index is 0.299. The summed E-state index contributed by atoms with van der Waals surface area (Å²) >= 11 is 0. The van der Waals surface area contributed by atoms with Gasteiger partial charge >= 0.3 is 0 Å². The number of nitrogens with one attached hydrogen (secondary N) is 1. The van der Waals surface area contributed by atoms with Crippen molar-refractivity contribution < 1.29 is 9.47 Å². The van der Waals surface area contributed by atoms with Crippen molar-refractivity contribution in [3.63, 3.8) is 0 Å². The molecule has 2 unspecified atom stereocenters. The lowest BCUT2D eigenvalue weighted by molar-refractivity contribution is 0.0449. The zero-order valence-electron chi connectivity index (χ0n) is 9.28. The molecular formula is C11H22N2O2. The van der Waals surface area contributed by atoms with E-state index in [2.05, 4.69) is 5.32 Å². The fraction of sp³-hybridized carbons (Fsp3) is 1.00. The van der Waals surface area contributed by atoms with Gasteiger partial charge in [-0.1, -0.05) is 0 Å². The Balaban J connectivity index is 1.72. The van der Waals surface area contributed by atoms with Gasteiger partial charge in [0.05, 0.1) is 13.2 Å². The van der Waals surface area contributed by atoms with Gasteiger partial charge in [0, 0.05) is 31.8 Å². The molecule has 0 aromatic rings. The summed E-state index contributed by atoms with van der Waals surface area (Å²) in [6.07, 6.45) is 3.27. The van der Waals surface area contributed by atoms with Crippen LogP contribution in [-0.4, -0.2) is 45.1 Å². The zero-order chi connectivity index (χ0) is 10.5. The van der Waals surface area contributed by atoms with Crippen molar-refractivity contribution in [2.24, 2.45) is 11.7 Å². The molecule has 0 aliphatic carbocycles. The van der Waals surface area contributed by atoms with E-state index < -0.39 is 0 Å². The zero-order valence-corrected chi connectivity index (χ0v) is 9.28. The third-order valence-corrected chi connectivity index (χ3v) is 3.43. The molecule has 2 aliphatic rings. The summed E-state index contributed by atoms with van der Waals surface area (Å²) in [5, 5.41) is 3.45. The van der Waals surface area contributed by atoms with Gasteiger partial charge in [-0.2, -0.15) is 0 Å². The van der Waals surface area contributed by atoms with E-state index in [0.29, 0.717) is 18.0 Å². The first kappa shape index (κ1) is 11.3. The standard InChI is InChI=1S/C11H22N2O2/c12-11(9-1-4-14-5-2-9)7-10-8-15-6-3-13-10/h9-11,13H,1-8,12H2. The summed E-state index contributed by atoms with van der Waals surface area (Å²) in [6.45, 7) is 4.38. The van der Waals surface area contributed by atoms with Crippen molar-refractivity contribution in [1.82, 2.24) is 5.32 Å². The smallest absolute Gasteiger partial charge is 0.0620 e. The van der Waals surface area contributed by atoms with E-state index in [1.54, 1.807) is 0 Å². The van der Waals surface area contributed by atoms with Gasteiger partial charge in [-0.25, -0.2) is 0 Å². The van der Waals surface area contributed by atoms with Gasteiger partial charge in [0.1, 0.15) is 0 Å². The molecule has 2 fully saturated rings. The van der Waals surface area contributed by atoms with Crippen LogP contribution in [0.4, 0.5) is 0 Å². The topological polar surface area (TPSA) is 56.5 Å². The van der Waals surface area contributed by atoms with Crippen LogP contribution >= 0.6 is 0 Å². The van der Waals surface area contributed by atoms with Crippen LogP contribution in [0, 0.1) is 5.92 Å². The van der Waals surface area contributed by atoms with Crippen LogP contribution in [0.15, 0.2) is 0 Å². The van der Waals surface area contributed by atoms with Gasteiger partial charge in [0.25, 0.3) is 0 Å². The predicted molar refractivity (Wildman–Crippen MR) is 58.7 cm³/mol. The molecule has 88 valence electrons. The number of morpholine rings is 1. The van der Waals surface area contributed by atoms with E-state index in [1.807, 2.05) is 0 Å². The Labute approximate surface area is 91.5 Å². The first-order valence-electron chi connectivity index (χ1n) is 6.00. The molecule has 2 aliphatic heterocycles. The van der Waals surface area contributed by atoms with Crippen LogP contribution in [0.1, 0.15) is 19.3 Å². The summed E-state index contributed by atoms with van der Waals surface area (Å²) in [6, 6.07) is 0.754. The molecule has 0 aromatic carbocycles. The molecule has 0 spiro atoms. The molecule has 4 nitrogen and oxygen atoms in total. The quantitative estimate of drug-likeness (QED) is 0.700. The number of hydrogen-bond acceptors (Lipinski definition) is 4. The lowest BCUT2D eigenvalue weighted by Gasteiger charge is -2.32. The molecule has 0 saturated carbocycles.